The van der Waals surface area contributed by atoms with E-state index in [0.29, 0.717) is 12.8 Å². The van der Waals surface area contributed by atoms with E-state index in [1.54, 1.807) is 6.92 Å². The van der Waals surface area contributed by atoms with Gasteiger partial charge in [-0.05, 0) is 19.3 Å². The molecule has 0 saturated carbocycles. The Hall–Kier alpha value is -1.59. The maximum absolute atomic E-state index is 11.4. The predicted octanol–water partition coefficient (Wildman–Crippen LogP) is 3.40. The molecule has 0 rings (SSSR count). The van der Waals surface area contributed by atoms with Crippen molar-refractivity contribution >= 4 is 17.8 Å². The molecule has 140 valence electrons. The number of unbranched alkanes of at least 4 members (excludes halogenated alkanes) is 7. The molecule has 2 N–H and O–H groups in total. The largest absolute Gasteiger partial charge is 0.356 e. The molecule has 0 aromatic heterocycles. The summed E-state index contributed by atoms with van der Waals surface area (Å²) in [6, 6.07) is 0. The van der Waals surface area contributed by atoms with Crippen molar-refractivity contribution < 1.29 is 19.2 Å². The maximum Gasteiger partial charge on any atom is 0.331 e. The predicted molar refractivity (Wildman–Crippen MR) is 94.0 cm³/mol. The van der Waals surface area contributed by atoms with Gasteiger partial charge in [-0.1, -0.05) is 52.4 Å². The molecular weight excluding hydrogens is 308 g/mol. The van der Waals surface area contributed by atoms with Crippen LogP contribution < -0.4 is 10.8 Å². The minimum absolute atomic E-state index is 0.166. The molecule has 2 amide bonds. The van der Waals surface area contributed by atoms with E-state index in [2.05, 4.69) is 15.6 Å². The summed E-state index contributed by atoms with van der Waals surface area (Å²) in [5.74, 6) is -0.496. The summed E-state index contributed by atoms with van der Waals surface area (Å²) in [4.78, 5) is 38.2. The second-order valence-electron chi connectivity index (χ2n) is 6.03. The van der Waals surface area contributed by atoms with Crippen molar-refractivity contribution in [3.8, 4) is 0 Å². The first-order chi connectivity index (χ1) is 11.6. The molecule has 0 saturated heterocycles. The number of rotatable bonds is 14. The van der Waals surface area contributed by atoms with Gasteiger partial charge >= 0.3 is 5.97 Å². The van der Waals surface area contributed by atoms with Gasteiger partial charge in [0.2, 0.25) is 5.91 Å². The molecule has 0 bridgehead atoms. The van der Waals surface area contributed by atoms with Crippen molar-refractivity contribution in [2.24, 2.45) is 0 Å². The Morgan fingerprint density at radius 2 is 1.25 bits per heavy atom. The van der Waals surface area contributed by atoms with E-state index in [1.807, 2.05) is 6.92 Å². The summed E-state index contributed by atoms with van der Waals surface area (Å²) in [5.41, 5.74) is 2.16. The van der Waals surface area contributed by atoms with Crippen molar-refractivity contribution in [2.75, 3.05) is 6.54 Å². The summed E-state index contributed by atoms with van der Waals surface area (Å²) >= 11 is 0. The van der Waals surface area contributed by atoms with Gasteiger partial charge < -0.3 is 10.2 Å². The second kappa shape index (κ2) is 16.3. The van der Waals surface area contributed by atoms with Crippen LogP contribution in [0.1, 0.15) is 90.9 Å². The summed E-state index contributed by atoms with van der Waals surface area (Å²) in [6.07, 6.45) is 10.8. The fourth-order valence-electron chi connectivity index (χ4n) is 2.22. The lowest BCUT2D eigenvalue weighted by atomic mass is 10.1. The molecule has 6 nitrogen and oxygen atoms in total. The van der Waals surface area contributed by atoms with Gasteiger partial charge in [-0.2, -0.15) is 5.48 Å². The Morgan fingerprint density at radius 1 is 0.750 bits per heavy atom. The van der Waals surface area contributed by atoms with Crippen molar-refractivity contribution in [1.29, 1.82) is 0 Å². The monoisotopic (exact) mass is 342 g/mol. The number of hydroxylamine groups is 1. The fraction of sp³-hybridized carbons (Fsp3) is 0.833. The number of hydrogen-bond acceptors (Lipinski definition) is 4. The van der Waals surface area contributed by atoms with E-state index in [4.69, 9.17) is 0 Å². The van der Waals surface area contributed by atoms with Gasteiger partial charge in [0.15, 0.2) is 0 Å². The Morgan fingerprint density at radius 3 is 1.75 bits per heavy atom. The van der Waals surface area contributed by atoms with Gasteiger partial charge in [-0.25, -0.2) is 4.79 Å². The van der Waals surface area contributed by atoms with Gasteiger partial charge in [0.25, 0.3) is 5.91 Å². The van der Waals surface area contributed by atoms with E-state index in [-0.39, 0.29) is 18.2 Å². The van der Waals surface area contributed by atoms with Crippen LogP contribution in [-0.2, 0) is 19.2 Å². The zero-order chi connectivity index (χ0) is 18.0. The van der Waals surface area contributed by atoms with Crippen molar-refractivity contribution in [2.45, 2.75) is 90.9 Å². The SMILES string of the molecule is CCCNC(=O)CCCCCCCCCCC(=O)NOC(=O)CC. The topological polar surface area (TPSA) is 84.5 Å². The van der Waals surface area contributed by atoms with Crippen LogP contribution in [0.5, 0.6) is 0 Å². The Labute approximate surface area is 146 Å². The van der Waals surface area contributed by atoms with Crippen molar-refractivity contribution in [3.05, 3.63) is 0 Å². The van der Waals surface area contributed by atoms with Crippen LogP contribution in [0.3, 0.4) is 0 Å². The summed E-state index contributed by atoms with van der Waals surface area (Å²) in [5, 5.41) is 2.89. The highest BCUT2D eigenvalue weighted by Crippen LogP contribution is 2.10. The molecule has 0 aliphatic rings. The number of carbonyl (C=O) groups is 3. The zero-order valence-electron chi connectivity index (χ0n) is 15.3. The summed E-state index contributed by atoms with van der Waals surface area (Å²) in [6.45, 7) is 4.50. The third-order valence-corrected chi connectivity index (χ3v) is 3.70. The van der Waals surface area contributed by atoms with E-state index >= 15 is 0 Å². The molecule has 0 heterocycles. The molecule has 0 atom stereocenters. The molecule has 6 heteroatoms. The second-order valence-corrected chi connectivity index (χ2v) is 6.03. The summed E-state index contributed by atoms with van der Waals surface area (Å²) < 4.78 is 0. The van der Waals surface area contributed by atoms with Gasteiger partial charge in [0.1, 0.15) is 0 Å². The molecule has 0 unspecified atom stereocenters. The highest BCUT2D eigenvalue weighted by atomic mass is 16.7. The van der Waals surface area contributed by atoms with Crippen LogP contribution in [0, 0.1) is 0 Å². The third-order valence-electron chi connectivity index (χ3n) is 3.70. The van der Waals surface area contributed by atoms with Crippen LogP contribution in [0.4, 0.5) is 0 Å². The standard InChI is InChI=1S/C18H34N2O4/c1-3-15-19-16(21)13-11-9-7-5-6-8-10-12-14-17(22)20-24-18(23)4-2/h3-15H2,1-2H3,(H,19,21)(H,20,22). The fourth-order valence-corrected chi connectivity index (χ4v) is 2.22. The first-order valence-electron chi connectivity index (χ1n) is 9.35. The highest BCUT2D eigenvalue weighted by Gasteiger charge is 2.04. The lowest BCUT2D eigenvalue weighted by Gasteiger charge is -2.05. The Balaban J connectivity index is 3.26. The van der Waals surface area contributed by atoms with E-state index in [9.17, 15) is 14.4 Å². The van der Waals surface area contributed by atoms with Gasteiger partial charge in [0.05, 0.1) is 0 Å². The smallest absolute Gasteiger partial charge is 0.331 e. The molecule has 0 radical (unpaired) electrons. The quantitative estimate of drug-likeness (QED) is 0.374. The van der Waals surface area contributed by atoms with Crippen LogP contribution >= 0.6 is 0 Å². The van der Waals surface area contributed by atoms with Crippen LogP contribution in [0.2, 0.25) is 0 Å². The van der Waals surface area contributed by atoms with Crippen LogP contribution in [0.25, 0.3) is 0 Å². The molecule has 0 aliphatic heterocycles. The van der Waals surface area contributed by atoms with Crippen molar-refractivity contribution in [1.82, 2.24) is 10.8 Å². The lowest BCUT2D eigenvalue weighted by Crippen LogP contribution is -2.26. The average molecular weight is 342 g/mol. The lowest BCUT2D eigenvalue weighted by molar-refractivity contribution is -0.158. The minimum atomic E-state index is -0.425. The Bertz CT molecular complexity index is 359. The Kier molecular flexibility index (Phi) is 15.2. The first-order valence-corrected chi connectivity index (χ1v) is 9.35. The first kappa shape index (κ1) is 22.4. The molecule has 0 aliphatic carbocycles. The molecule has 24 heavy (non-hydrogen) atoms. The molecule has 0 fully saturated rings. The highest BCUT2D eigenvalue weighted by molar-refractivity contribution is 5.77. The molecule has 0 aromatic rings. The molecule has 0 spiro atoms. The van der Waals surface area contributed by atoms with E-state index < -0.39 is 5.97 Å². The number of hydrogen-bond donors (Lipinski definition) is 2. The zero-order valence-corrected chi connectivity index (χ0v) is 15.3. The summed E-state index contributed by atoms with van der Waals surface area (Å²) in [7, 11) is 0. The normalized spacial score (nSPS) is 10.2. The number of carbonyl (C=O) groups excluding carboxylic acids is 3. The van der Waals surface area contributed by atoms with E-state index in [1.165, 1.54) is 6.42 Å². The van der Waals surface area contributed by atoms with Crippen molar-refractivity contribution in [3.63, 3.8) is 0 Å². The average Bonchev–Trinajstić information content (AvgIpc) is 2.59. The van der Waals surface area contributed by atoms with Gasteiger partial charge in [-0.3, -0.25) is 9.59 Å². The number of amides is 2. The van der Waals surface area contributed by atoms with Gasteiger partial charge in [-0.15, -0.1) is 0 Å². The van der Waals surface area contributed by atoms with E-state index in [0.717, 1.165) is 57.9 Å². The maximum atomic E-state index is 11.4. The minimum Gasteiger partial charge on any atom is -0.356 e. The van der Waals surface area contributed by atoms with Crippen LogP contribution in [0.15, 0.2) is 0 Å². The van der Waals surface area contributed by atoms with Gasteiger partial charge in [0, 0.05) is 25.8 Å². The number of nitrogens with one attached hydrogen (secondary N) is 2. The molecule has 0 aromatic carbocycles. The molecular formula is C18H34N2O4. The third kappa shape index (κ3) is 15.3. The van der Waals surface area contributed by atoms with Crippen LogP contribution in [-0.4, -0.2) is 24.3 Å².